The minimum atomic E-state index is -0.755. The zero-order valence-corrected chi connectivity index (χ0v) is 12.4. The molecule has 2 unspecified atom stereocenters. The van der Waals surface area contributed by atoms with Crippen LogP contribution in [0.5, 0.6) is 0 Å². The van der Waals surface area contributed by atoms with Crippen LogP contribution >= 0.6 is 11.6 Å². The number of halogens is 1. The second-order valence-electron chi connectivity index (χ2n) is 5.02. The topological polar surface area (TPSA) is 73.1 Å². The number of aliphatic carboxylic acids is 1. The summed E-state index contributed by atoms with van der Waals surface area (Å²) >= 11 is 5.85. The van der Waals surface area contributed by atoms with Crippen LogP contribution in [0.3, 0.4) is 0 Å². The van der Waals surface area contributed by atoms with E-state index in [1.807, 2.05) is 6.92 Å². The van der Waals surface area contributed by atoms with Gasteiger partial charge >= 0.3 is 5.97 Å². The fourth-order valence-electron chi connectivity index (χ4n) is 1.93. The number of rotatable bonds is 7. The Morgan fingerprint density at radius 1 is 1.45 bits per heavy atom. The fourth-order valence-corrected chi connectivity index (χ4v) is 2.10. The van der Waals surface area contributed by atoms with Crippen LogP contribution < -0.4 is 5.32 Å². The molecule has 1 rings (SSSR count). The van der Waals surface area contributed by atoms with E-state index in [2.05, 4.69) is 11.4 Å². The van der Waals surface area contributed by atoms with Crippen molar-refractivity contribution in [1.82, 2.24) is 0 Å². The number of carboxylic acids is 1. The lowest BCUT2D eigenvalue weighted by molar-refractivity contribution is -0.141. The predicted molar refractivity (Wildman–Crippen MR) is 79.9 cm³/mol. The van der Waals surface area contributed by atoms with Crippen LogP contribution in [0.15, 0.2) is 18.2 Å². The lowest BCUT2D eigenvalue weighted by Gasteiger charge is -2.17. The van der Waals surface area contributed by atoms with Crippen molar-refractivity contribution in [3.8, 4) is 6.07 Å². The third-order valence-corrected chi connectivity index (χ3v) is 3.43. The molecule has 2 atom stereocenters. The molecule has 0 radical (unpaired) electrons. The van der Waals surface area contributed by atoms with Gasteiger partial charge in [0.05, 0.1) is 17.2 Å². The second-order valence-corrected chi connectivity index (χ2v) is 5.45. The highest BCUT2D eigenvalue weighted by Crippen LogP contribution is 2.21. The van der Waals surface area contributed by atoms with Crippen LogP contribution in [-0.2, 0) is 4.79 Å². The van der Waals surface area contributed by atoms with Gasteiger partial charge in [0.25, 0.3) is 0 Å². The van der Waals surface area contributed by atoms with Crippen LogP contribution in [0.1, 0.15) is 38.7 Å². The minimum absolute atomic E-state index is 0.171. The zero-order valence-electron chi connectivity index (χ0n) is 11.7. The van der Waals surface area contributed by atoms with Crippen molar-refractivity contribution < 1.29 is 9.90 Å². The van der Waals surface area contributed by atoms with Gasteiger partial charge in [0.1, 0.15) is 6.07 Å². The minimum Gasteiger partial charge on any atom is -0.481 e. The van der Waals surface area contributed by atoms with Crippen LogP contribution in [0.4, 0.5) is 5.69 Å². The molecule has 0 aliphatic heterocycles. The van der Waals surface area contributed by atoms with E-state index in [-0.39, 0.29) is 12.0 Å². The van der Waals surface area contributed by atoms with Gasteiger partial charge in [-0.25, -0.2) is 0 Å². The maximum absolute atomic E-state index is 10.7. The van der Waals surface area contributed by atoms with Crippen molar-refractivity contribution in [3.63, 3.8) is 0 Å². The molecule has 2 N–H and O–H groups in total. The highest BCUT2D eigenvalue weighted by Gasteiger charge is 2.12. The molecule has 0 amide bonds. The van der Waals surface area contributed by atoms with E-state index in [1.165, 1.54) is 0 Å². The van der Waals surface area contributed by atoms with Crippen LogP contribution in [0, 0.1) is 17.2 Å². The van der Waals surface area contributed by atoms with Crippen molar-refractivity contribution in [3.05, 3.63) is 28.8 Å². The first-order valence-electron chi connectivity index (χ1n) is 6.63. The number of nitriles is 1. The van der Waals surface area contributed by atoms with Crippen molar-refractivity contribution >= 4 is 23.3 Å². The van der Waals surface area contributed by atoms with Gasteiger partial charge < -0.3 is 10.4 Å². The second kappa shape index (κ2) is 7.76. The maximum Gasteiger partial charge on any atom is 0.306 e. The standard InChI is InChI=1S/C15H19ClN2O2/c1-10(15(19)20)4-3-5-11(2)18-14-7-6-13(16)8-12(14)9-17/h6-8,10-11,18H,3-5H2,1-2H3,(H,19,20). The predicted octanol–water partition coefficient (Wildman–Crippen LogP) is 3.90. The van der Waals surface area contributed by atoms with Crippen molar-refractivity contribution in [2.75, 3.05) is 5.32 Å². The first-order valence-corrected chi connectivity index (χ1v) is 7.00. The monoisotopic (exact) mass is 294 g/mol. The third kappa shape index (κ3) is 5.10. The SMILES string of the molecule is CC(CCCC(C)C(=O)O)Nc1ccc(Cl)cc1C#N. The van der Waals surface area contributed by atoms with Gasteiger partial charge in [-0.2, -0.15) is 5.26 Å². The molecule has 0 bridgehead atoms. The molecule has 0 heterocycles. The van der Waals surface area contributed by atoms with E-state index < -0.39 is 5.97 Å². The quantitative estimate of drug-likeness (QED) is 0.800. The zero-order chi connectivity index (χ0) is 15.1. The number of anilines is 1. The largest absolute Gasteiger partial charge is 0.481 e. The number of hydrogen-bond acceptors (Lipinski definition) is 3. The fraction of sp³-hybridized carbons (Fsp3) is 0.467. The van der Waals surface area contributed by atoms with Crippen molar-refractivity contribution in [2.45, 2.75) is 39.2 Å². The van der Waals surface area contributed by atoms with E-state index in [1.54, 1.807) is 25.1 Å². The Kier molecular flexibility index (Phi) is 6.33. The number of carboxylic acid groups (broad SMARTS) is 1. The van der Waals surface area contributed by atoms with Crippen LogP contribution in [0.2, 0.25) is 5.02 Å². The van der Waals surface area contributed by atoms with E-state index in [4.69, 9.17) is 22.0 Å². The highest BCUT2D eigenvalue weighted by molar-refractivity contribution is 6.30. The van der Waals surface area contributed by atoms with Crippen LogP contribution in [-0.4, -0.2) is 17.1 Å². The summed E-state index contributed by atoms with van der Waals surface area (Å²) in [5.41, 5.74) is 1.28. The maximum atomic E-state index is 10.7. The summed E-state index contributed by atoms with van der Waals surface area (Å²) in [6.45, 7) is 3.73. The summed E-state index contributed by atoms with van der Waals surface area (Å²) in [6.07, 6.45) is 2.34. The lowest BCUT2D eigenvalue weighted by Crippen LogP contribution is -2.17. The first-order chi connectivity index (χ1) is 9.43. The Labute approximate surface area is 124 Å². The number of nitrogens with one attached hydrogen (secondary N) is 1. The molecule has 5 heteroatoms. The summed E-state index contributed by atoms with van der Waals surface area (Å²) in [5.74, 6) is -1.07. The van der Waals surface area contributed by atoms with Gasteiger partial charge in [0, 0.05) is 11.1 Å². The third-order valence-electron chi connectivity index (χ3n) is 3.20. The summed E-state index contributed by atoms with van der Waals surface area (Å²) in [5, 5.41) is 21.7. The summed E-state index contributed by atoms with van der Waals surface area (Å²) in [6, 6.07) is 7.43. The van der Waals surface area contributed by atoms with E-state index in [0.29, 0.717) is 17.0 Å². The average Bonchev–Trinajstić information content (AvgIpc) is 2.40. The molecule has 4 nitrogen and oxygen atoms in total. The first kappa shape index (κ1) is 16.3. The van der Waals surface area contributed by atoms with Gasteiger partial charge in [0.2, 0.25) is 0 Å². The Hall–Kier alpha value is -1.73. The highest BCUT2D eigenvalue weighted by atomic mass is 35.5. The Morgan fingerprint density at radius 2 is 2.15 bits per heavy atom. The molecule has 20 heavy (non-hydrogen) atoms. The average molecular weight is 295 g/mol. The molecule has 0 aromatic heterocycles. The molecular weight excluding hydrogens is 276 g/mol. The molecule has 108 valence electrons. The molecule has 0 aliphatic carbocycles. The normalized spacial score (nSPS) is 13.3. The van der Waals surface area contributed by atoms with Gasteiger partial charge in [-0.3, -0.25) is 4.79 Å². The number of benzene rings is 1. The van der Waals surface area contributed by atoms with Gasteiger partial charge in [0.15, 0.2) is 0 Å². The van der Waals surface area contributed by atoms with E-state index in [0.717, 1.165) is 18.5 Å². The van der Waals surface area contributed by atoms with E-state index >= 15 is 0 Å². The molecule has 0 fully saturated rings. The molecule has 0 saturated heterocycles. The Morgan fingerprint density at radius 3 is 2.75 bits per heavy atom. The molecular formula is C15H19ClN2O2. The number of nitrogens with zero attached hydrogens (tertiary/aromatic N) is 1. The molecule has 1 aromatic carbocycles. The molecule has 0 aliphatic rings. The Balaban J connectivity index is 2.49. The number of carbonyl (C=O) groups is 1. The van der Waals surface area contributed by atoms with Crippen molar-refractivity contribution in [1.29, 1.82) is 5.26 Å². The number of hydrogen-bond donors (Lipinski definition) is 2. The molecule has 0 spiro atoms. The lowest BCUT2D eigenvalue weighted by atomic mass is 10.0. The smallest absolute Gasteiger partial charge is 0.306 e. The Bertz CT molecular complexity index is 511. The van der Waals surface area contributed by atoms with Gasteiger partial charge in [-0.05, 0) is 38.0 Å². The molecule has 1 aromatic rings. The summed E-state index contributed by atoms with van der Waals surface area (Å²) in [4.78, 5) is 10.7. The molecule has 0 saturated carbocycles. The van der Waals surface area contributed by atoms with Crippen LogP contribution in [0.25, 0.3) is 0 Å². The summed E-state index contributed by atoms with van der Waals surface area (Å²) in [7, 11) is 0. The van der Waals surface area contributed by atoms with Gasteiger partial charge in [-0.15, -0.1) is 0 Å². The summed E-state index contributed by atoms with van der Waals surface area (Å²) < 4.78 is 0. The van der Waals surface area contributed by atoms with Crippen molar-refractivity contribution in [2.24, 2.45) is 5.92 Å². The van der Waals surface area contributed by atoms with E-state index in [9.17, 15) is 4.79 Å². The van der Waals surface area contributed by atoms with Gasteiger partial charge in [-0.1, -0.05) is 24.9 Å².